The van der Waals surface area contributed by atoms with E-state index in [0.29, 0.717) is 17.4 Å². The Labute approximate surface area is 143 Å². The number of aromatic amines is 1. The number of nitrogens with zero attached hydrogens (tertiary/aromatic N) is 2. The number of amides is 1. The van der Waals surface area contributed by atoms with Gasteiger partial charge in [0.05, 0.1) is 10.9 Å². The summed E-state index contributed by atoms with van der Waals surface area (Å²) in [5, 5.41) is 0.445. The Kier molecular flexibility index (Phi) is 3.72. The highest BCUT2D eigenvalue weighted by Crippen LogP contribution is 2.27. The summed E-state index contributed by atoms with van der Waals surface area (Å²) in [6.07, 6.45) is 1.05. The lowest BCUT2D eigenvalue weighted by atomic mass is 10.2. The second kappa shape index (κ2) is 6.05. The molecule has 1 amide bonds. The first-order chi connectivity index (χ1) is 12.1. The number of H-pyrrole nitrogens is 1. The third-order valence-corrected chi connectivity index (χ3v) is 4.64. The van der Waals surface area contributed by atoms with Crippen LogP contribution in [-0.4, -0.2) is 22.0 Å². The molecule has 0 saturated heterocycles. The Balaban J connectivity index is 1.61. The van der Waals surface area contributed by atoms with Crippen LogP contribution >= 0.6 is 0 Å². The van der Waals surface area contributed by atoms with E-state index in [1.165, 1.54) is 10.1 Å². The molecule has 1 aliphatic rings. The Morgan fingerprint density at radius 2 is 1.80 bits per heavy atom. The van der Waals surface area contributed by atoms with Crippen molar-refractivity contribution in [2.75, 3.05) is 11.4 Å². The van der Waals surface area contributed by atoms with Gasteiger partial charge < -0.3 is 4.90 Å². The fourth-order valence-corrected chi connectivity index (χ4v) is 3.40. The third kappa shape index (κ3) is 2.65. The van der Waals surface area contributed by atoms with Crippen molar-refractivity contribution in [1.29, 1.82) is 0 Å². The summed E-state index contributed by atoms with van der Waals surface area (Å²) in [5.41, 5.74) is 1.77. The lowest BCUT2D eigenvalue weighted by Crippen LogP contribution is -2.34. The Morgan fingerprint density at radius 3 is 2.68 bits per heavy atom. The van der Waals surface area contributed by atoms with Gasteiger partial charge in [-0.15, -0.1) is 0 Å². The van der Waals surface area contributed by atoms with Gasteiger partial charge >= 0.3 is 5.69 Å². The van der Waals surface area contributed by atoms with Gasteiger partial charge in [0.25, 0.3) is 5.56 Å². The number of fused-ring (bicyclic) bond motifs is 2. The minimum atomic E-state index is -0.488. The Morgan fingerprint density at radius 1 is 1.04 bits per heavy atom. The van der Waals surface area contributed by atoms with Crippen LogP contribution in [0.1, 0.15) is 12.0 Å². The van der Waals surface area contributed by atoms with Crippen molar-refractivity contribution in [1.82, 2.24) is 9.55 Å². The van der Waals surface area contributed by atoms with E-state index in [4.69, 9.17) is 0 Å². The summed E-state index contributed by atoms with van der Waals surface area (Å²) in [4.78, 5) is 40.8. The minimum Gasteiger partial charge on any atom is -0.312 e. The first-order valence-corrected chi connectivity index (χ1v) is 8.25. The number of hydrogen-bond donors (Lipinski definition) is 1. The van der Waals surface area contributed by atoms with Gasteiger partial charge in [-0.1, -0.05) is 30.3 Å². The molecule has 6 heteroatoms. The predicted octanol–water partition coefficient (Wildman–Crippen LogP) is 1.67. The summed E-state index contributed by atoms with van der Waals surface area (Å²) in [6.45, 7) is 0.896. The molecule has 0 radical (unpaired) electrons. The fraction of sp³-hybridized carbons (Fsp3) is 0.211. The van der Waals surface area contributed by atoms with Gasteiger partial charge in [-0.2, -0.15) is 0 Å². The first-order valence-electron chi connectivity index (χ1n) is 8.25. The number of rotatable bonds is 3. The van der Waals surface area contributed by atoms with Crippen LogP contribution in [0.3, 0.4) is 0 Å². The van der Waals surface area contributed by atoms with Crippen LogP contribution in [0.4, 0.5) is 5.69 Å². The molecule has 0 bridgehead atoms. The van der Waals surface area contributed by atoms with Gasteiger partial charge in [0, 0.05) is 25.2 Å². The Hall–Kier alpha value is -3.15. The van der Waals surface area contributed by atoms with Crippen LogP contribution < -0.4 is 16.1 Å². The number of carbonyl (C=O) groups is 1. The smallest absolute Gasteiger partial charge is 0.312 e. The molecule has 6 nitrogen and oxygen atoms in total. The average Bonchev–Trinajstić information content (AvgIpc) is 3.05. The molecule has 126 valence electrons. The molecule has 0 spiro atoms. The molecule has 0 unspecified atom stereocenters. The Bertz CT molecular complexity index is 1080. The van der Waals surface area contributed by atoms with E-state index in [0.717, 1.165) is 12.1 Å². The zero-order valence-electron chi connectivity index (χ0n) is 13.6. The van der Waals surface area contributed by atoms with E-state index in [1.807, 2.05) is 24.3 Å². The number of hydrogen-bond acceptors (Lipinski definition) is 3. The maximum atomic E-state index is 12.6. The maximum absolute atomic E-state index is 12.6. The van der Waals surface area contributed by atoms with Crippen LogP contribution in [0.2, 0.25) is 0 Å². The first kappa shape index (κ1) is 15.4. The lowest BCUT2D eigenvalue weighted by Gasteiger charge is -2.18. The van der Waals surface area contributed by atoms with Crippen molar-refractivity contribution in [3.05, 3.63) is 74.9 Å². The highest BCUT2D eigenvalue weighted by Gasteiger charge is 2.23. The van der Waals surface area contributed by atoms with Gasteiger partial charge in [-0.25, -0.2) is 4.79 Å². The molecule has 0 atom stereocenters. The monoisotopic (exact) mass is 335 g/mol. The maximum Gasteiger partial charge on any atom is 0.328 e. The number of aryl methyl sites for hydroxylation is 1. The molecule has 1 aromatic heterocycles. The van der Waals surface area contributed by atoms with E-state index in [2.05, 4.69) is 4.98 Å². The normalized spacial score (nSPS) is 13.2. The van der Waals surface area contributed by atoms with Crippen LogP contribution in [0.5, 0.6) is 0 Å². The number of anilines is 1. The van der Waals surface area contributed by atoms with Gasteiger partial charge in [0.2, 0.25) is 5.91 Å². The van der Waals surface area contributed by atoms with Crippen molar-refractivity contribution >= 4 is 22.5 Å². The largest absolute Gasteiger partial charge is 0.328 e. The average molecular weight is 335 g/mol. The van der Waals surface area contributed by atoms with Gasteiger partial charge in [0.1, 0.15) is 0 Å². The number of para-hydroxylation sites is 2. The van der Waals surface area contributed by atoms with Crippen LogP contribution in [0.15, 0.2) is 58.1 Å². The standard InChI is InChI=1S/C19H17N3O3/c23-17(21-11-9-13-5-1-3-7-15(13)21)10-12-22-16-8-4-2-6-14(16)18(24)20-19(22)25/h1-8H,9-12H2,(H,20,24,25). The molecule has 0 fully saturated rings. The van der Waals surface area contributed by atoms with E-state index in [-0.39, 0.29) is 18.9 Å². The molecule has 1 N–H and O–H groups in total. The van der Waals surface area contributed by atoms with E-state index < -0.39 is 11.2 Å². The van der Waals surface area contributed by atoms with Crippen molar-refractivity contribution < 1.29 is 4.79 Å². The summed E-state index contributed by atoms with van der Waals surface area (Å²) in [7, 11) is 0. The van der Waals surface area contributed by atoms with Gasteiger partial charge in [-0.3, -0.25) is 19.1 Å². The van der Waals surface area contributed by atoms with E-state index in [9.17, 15) is 14.4 Å². The van der Waals surface area contributed by atoms with Crippen molar-refractivity contribution in [3.63, 3.8) is 0 Å². The topological polar surface area (TPSA) is 75.2 Å². The molecule has 1 aliphatic heterocycles. The molecule has 0 saturated carbocycles. The van der Waals surface area contributed by atoms with Gasteiger partial charge in [-0.05, 0) is 30.2 Å². The molecule has 0 aliphatic carbocycles. The molecule has 2 aromatic carbocycles. The van der Waals surface area contributed by atoms with Crippen molar-refractivity contribution in [2.45, 2.75) is 19.4 Å². The van der Waals surface area contributed by atoms with Crippen LogP contribution in [0.25, 0.3) is 10.9 Å². The number of carbonyl (C=O) groups excluding carboxylic acids is 1. The molecule has 25 heavy (non-hydrogen) atoms. The second-order valence-electron chi connectivity index (χ2n) is 6.10. The zero-order chi connectivity index (χ0) is 17.4. The van der Waals surface area contributed by atoms with Crippen LogP contribution in [-0.2, 0) is 17.8 Å². The van der Waals surface area contributed by atoms with E-state index >= 15 is 0 Å². The molecular weight excluding hydrogens is 318 g/mol. The summed E-state index contributed by atoms with van der Waals surface area (Å²) in [5.74, 6) is -0.0212. The van der Waals surface area contributed by atoms with E-state index in [1.54, 1.807) is 29.2 Å². The molecular formula is C19H17N3O3. The highest BCUT2D eigenvalue weighted by molar-refractivity contribution is 5.95. The zero-order valence-corrected chi connectivity index (χ0v) is 13.6. The predicted molar refractivity (Wildman–Crippen MR) is 95.9 cm³/mol. The third-order valence-electron chi connectivity index (χ3n) is 4.64. The fourth-order valence-electron chi connectivity index (χ4n) is 3.40. The highest BCUT2D eigenvalue weighted by atomic mass is 16.2. The molecule has 2 heterocycles. The summed E-state index contributed by atoms with van der Waals surface area (Å²) < 4.78 is 1.45. The van der Waals surface area contributed by atoms with Gasteiger partial charge in [0.15, 0.2) is 0 Å². The van der Waals surface area contributed by atoms with Crippen LogP contribution in [0, 0.1) is 0 Å². The second-order valence-corrected chi connectivity index (χ2v) is 6.10. The quantitative estimate of drug-likeness (QED) is 0.791. The SMILES string of the molecule is O=C(CCn1c(=O)[nH]c(=O)c2ccccc21)N1CCc2ccccc21. The van der Waals surface area contributed by atoms with Crippen molar-refractivity contribution in [3.8, 4) is 0 Å². The molecule has 3 aromatic rings. The minimum absolute atomic E-state index is 0.0212. The summed E-state index contributed by atoms with van der Waals surface area (Å²) >= 11 is 0. The lowest BCUT2D eigenvalue weighted by molar-refractivity contribution is -0.118. The van der Waals surface area contributed by atoms with Crippen molar-refractivity contribution in [2.24, 2.45) is 0 Å². The number of benzene rings is 2. The number of aromatic nitrogens is 2. The molecule has 4 rings (SSSR count). The number of nitrogens with one attached hydrogen (secondary N) is 1. The summed E-state index contributed by atoms with van der Waals surface area (Å²) in [6, 6.07) is 14.8.